The maximum atomic E-state index is 12.3. The molecule has 0 spiro atoms. The highest BCUT2D eigenvalue weighted by atomic mass is 35.5. The normalized spacial score (nSPS) is 10.5. The number of anilines is 1. The fourth-order valence-corrected chi connectivity index (χ4v) is 2.20. The molecule has 2 aromatic rings. The molecule has 0 heterocycles. The zero-order valence-electron chi connectivity index (χ0n) is 12.2. The number of carbonyl (C=O) groups excluding carboxylic acids is 1. The van der Waals surface area contributed by atoms with Crippen LogP contribution >= 0.6 is 11.6 Å². The predicted octanol–water partition coefficient (Wildman–Crippen LogP) is 4.62. The van der Waals surface area contributed by atoms with E-state index in [1.165, 1.54) is 18.2 Å². The minimum absolute atomic E-state index is 0.0625. The summed E-state index contributed by atoms with van der Waals surface area (Å²) in [5, 5.41) is 14.0. The molecule has 0 bridgehead atoms. The number of halogens is 1. The van der Waals surface area contributed by atoms with Gasteiger partial charge in [-0.05, 0) is 35.7 Å². The summed E-state index contributed by atoms with van der Waals surface area (Å²) >= 11 is 5.83. The topological polar surface area (TPSA) is 72.2 Å². The summed E-state index contributed by atoms with van der Waals surface area (Å²) in [6.45, 7) is 4.09. The van der Waals surface area contributed by atoms with Crippen LogP contribution < -0.4 is 5.32 Å². The Morgan fingerprint density at radius 1 is 1.23 bits per heavy atom. The van der Waals surface area contributed by atoms with Gasteiger partial charge in [0, 0.05) is 16.8 Å². The van der Waals surface area contributed by atoms with E-state index in [2.05, 4.69) is 5.32 Å². The monoisotopic (exact) mass is 318 g/mol. The molecule has 114 valence electrons. The van der Waals surface area contributed by atoms with Gasteiger partial charge in [0.15, 0.2) is 0 Å². The van der Waals surface area contributed by atoms with Crippen LogP contribution in [0.1, 0.15) is 35.7 Å². The SMILES string of the molecule is CC(C)c1cccc(NC(=O)c2cc(Cl)ccc2[N+](=O)[O-])c1. The lowest BCUT2D eigenvalue weighted by molar-refractivity contribution is -0.385. The maximum Gasteiger partial charge on any atom is 0.282 e. The lowest BCUT2D eigenvalue weighted by Gasteiger charge is -2.10. The van der Waals surface area contributed by atoms with Crippen LogP contribution in [-0.4, -0.2) is 10.8 Å². The van der Waals surface area contributed by atoms with Crippen LogP contribution in [0.15, 0.2) is 42.5 Å². The van der Waals surface area contributed by atoms with E-state index in [1.54, 1.807) is 6.07 Å². The van der Waals surface area contributed by atoms with Gasteiger partial charge in [-0.1, -0.05) is 37.6 Å². The lowest BCUT2D eigenvalue weighted by atomic mass is 10.0. The molecule has 0 aromatic heterocycles. The first-order valence-corrected chi connectivity index (χ1v) is 7.11. The number of nitro benzene ring substituents is 1. The van der Waals surface area contributed by atoms with E-state index in [9.17, 15) is 14.9 Å². The third kappa shape index (κ3) is 3.62. The van der Waals surface area contributed by atoms with Gasteiger partial charge >= 0.3 is 0 Å². The van der Waals surface area contributed by atoms with Crippen molar-refractivity contribution < 1.29 is 9.72 Å². The molecule has 1 amide bonds. The minimum atomic E-state index is -0.601. The van der Waals surface area contributed by atoms with Gasteiger partial charge < -0.3 is 5.32 Å². The van der Waals surface area contributed by atoms with Crippen molar-refractivity contribution in [1.82, 2.24) is 0 Å². The van der Waals surface area contributed by atoms with Gasteiger partial charge in [0.05, 0.1) is 4.92 Å². The number of hydrogen-bond donors (Lipinski definition) is 1. The Labute approximate surface area is 133 Å². The molecule has 2 rings (SSSR count). The number of benzene rings is 2. The molecule has 1 N–H and O–H groups in total. The Morgan fingerprint density at radius 2 is 1.95 bits per heavy atom. The van der Waals surface area contributed by atoms with Crippen molar-refractivity contribution in [2.24, 2.45) is 0 Å². The molecule has 5 nitrogen and oxygen atoms in total. The average Bonchev–Trinajstić information content (AvgIpc) is 2.47. The molecule has 0 fully saturated rings. The largest absolute Gasteiger partial charge is 0.322 e. The highest BCUT2D eigenvalue weighted by molar-refractivity contribution is 6.31. The average molecular weight is 319 g/mol. The van der Waals surface area contributed by atoms with Gasteiger partial charge in [-0.2, -0.15) is 0 Å². The number of nitrogens with zero attached hydrogens (tertiary/aromatic N) is 1. The molecule has 0 aliphatic carbocycles. The third-order valence-electron chi connectivity index (χ3n) is 3.21. The second-order valence-electron chi connectivity index (χ2n) is 5.15. The maximum absolute atomic E-state index is 12.3. The molecular formula is C16H15ClN2O3. The van der Waals surface area contributed by atoms with Crippen molar-refractivity contribution in [1.29, 1.82) is 0 Å². The quantitative estimate of drug-likeness (QED) is 0.660. The summed E-state index contributed by atoms with van der Waals surface area (Å²) in [5.41, 5.74) is 1.32. The Hall–Kier alpha value is -2.40. The van der Waals surface area contributed by atoms with Crippen LogP contribution in [0.2, 0.25) is 5.02 Å². The minimum Gasteiger partial charge on any atom is -0.322 e. The predicted molar refractivity (Wildman–Crippen MR) is 86.6 cm³/mol. The number of carbonyl (C=O) groups is 1. The van der Waals surface area contributed by atoms with Crippen LogP contribution in [0.5, 0.6) is 0 Å². The first kappa shape index (κ1) is 16.0. The standard InChI is InChI=1S/C16H15ClN2O3/c1-10(2)11-4-3-5-13(8-11)18-16(20)14-9-12(17)6-7-15(14)19(21)22/h3-10H,1-2H3,(H,18,20). The lowest BCUT2D eigenvalue weighted by Crippen LogP contribution is -2.14. The van der Waals surface area contributed by atoms with Crippen molar-refractivity contribution in [3.8, 4) is 0 Å². The molecule has 0 aliphatic rings. The smallest absolute Gasteiger partial charge is 0.282 e. The highest BCUT2D eigenvalue weighted by Gasteiger charge is 2.20. The summed E-state index contributed by atoms with van der Waals surface area (Å²) in [6, 6.07) is 11.3. The van der Waals surface area contributed by atoms with Crippen molar-refractivity contribution in [2.45, 2.75) is 19.8 Å². The fourth-order valence-electron chi connectivity index (χ4n) is 2.02. The zero-order chi connectivity index (χ0) is 16.3. The number of hydrogen-bond acceptors (Lipinski definition) is 3. The summed E-state index contributed by atoms with van der Waals surface area (Å²) < 4.78 is 0. The van der Waals surface area contributed by atoms with Gasteiger partial charge in [-0.3, -0.25) is 14.9 Å². The van der Waals surface area contributed by atoms with E-state index in [1.807, 2.05) is 32.0 Å². The molecule has 2 aromatic carbocycles. The van der Waals surface area contributed by atoms with E-state index in [0.29, 0.717) is 11.6 Å². The molecule has 0 saturated carbocycles. The molecule has 22 heavy (non-hydrogen) atoms. The molecule has 6 heteroatoms. The Bertz CT molecular complexity index is 729. The highest BCUT2D eigenvalue weighted by Crippen LogP contribution is 2.24. The summed E-state index contributed by atoms with van der Waals surface area (Å²) in [4.78, 5) is 22.7. The molecule has 0 aliphatic heterocycles. The molecule has 0 radical (unpaired) electrons. The molecular weight excluding hydrogens is 304 g/mol. The third-order valence-corrected chi connectivity index (χ3v) is 3.45. The zero-order valence-corrected chi connectivity index (χ0v) is 12.9. The molecule has 0 unspecified atom stereocenters. The van der Waals surface area contributed by atoms with E-state index in [4.69, 9.17) is 11.6 Å². The summed E-state index contributed by atoms with van der Waals surface area (Å²) in [6.07, 6.45) is 0. The Balaban J connectivity index is 2.31. The second kappa shape index (κ2) is 6.58. The Kier molecular flexibility index (Phi) is 4.78. The first-order chi connectivity index (χ1) is 10.4. The summed E-state index contributed by atoms with van der Waals surface area (Å²) in [5.74, 6) is -0.243. The van der Waals surface area contributed by atoms with E-state index < -0.39 is 10.8 Å². The number of rotatable bonds is 4. The van der Waals surface area contributed by atoms with Gasteiger partial charge in [0.25, 0.3) is 11.6 Å². The summed E-state index contributed by atoms with van der Waals surface area (Å²) in [7, 11) is 0. The van der Waals surface area contributed by atoms with E-state index in [0.717, 1.165) is 5.56 Å². The van der Waals surface area contributed by atoms with Crippen molar-refractivity contribution in [2.75, 3.05) is 5.32 Å². The van der Waals surface area contributed by atoms with Crippen LogP contribution in [-0.2, 0) is 0 Å². The molecule has 0 atom stereocenters. The van der Waals surface area contributed by atoms with Crippen LogP contribution in [0.4, 0.5) is 11.4 Å². The van der Waals surface area contributed by atoms with Crippen LogP contribution in [0, 0.1) is 10.1 Å². The number of nitrogens with one attached hydrogen (secondary N) is 1. The van der Waals surface area contributed by atoms with Crippen molar-refractivity contribution >= 4 is 28.9 Å². The number of nitro groups is 1. The fraction of sp³-hybridized carbons (Fsp3) is 0.188. The van der Waals surface area contributed by atoms with Gasteiger partial charge in [-0.15, -0.1) is 0 Å². The first-order valence-electron chi connectivity index (χ1n) is 6.73. The van der Waals surface area contributed by atoms with E-state index in [-0.39, 0.29) is 16.3 Å². The van der Waals surface area contributed by atoms with Crippen LogP contribution in [0.25, 0.3) is 0 Å². The van der Waals surface area contributed by atoms with Gasteiger partial charge in [0.1, 0.15) is 5.56 Å². The van der Waals surface area contributed by atoms with Crippen molar-refractivity contribution in [3.63, 3.8) is 0 Å². The molecule has 0 saturated heterocycles. The number of amides is 1. The van der Waals surface area contributed by atoms with Gasteiger partial charge in [-0.25, -0.2) is 0 Å². The van der Waals surface area contributed by atoms with E-state index >= 15 is 0 Å². The van der Waals surface area contributed by atoms with Crippen LogP contribution in [0.3, 0.4) is 0 Å². The Morgan fingerprint density at radius 3 is 2.59 bits per heavy atom. The van der Waals surface area contributed by atoms with Crippen molar-refractivity contribution in [3.05, 3.63) is 68.7 Å². The van der Waals surface area contributed by atoms with Gasteiger partial charge in [0.2, 0.25) is 0 Å². The second-order valence-corrected chi connectivity index (χ2v) is 5.59.